The SMILES string of the molecule is CN(C(=O)O)C(CN)Cc1ccc(Cl)cc1. The number of nitrogens with zero attached hydrogens (tertiary/aromatic N) is 1. The number of likely N-dealkylation sites (N-methyl/N-ethyl adjacent to an activating group) is 1. The number of nitrogens with two attached hydrogens (primary N) is 1. The van der Waals surface area contributed by atoms with E-state index in [1.165, 1.54) is 11.9 Å². The van der Waals surface area contributed by atoms with Crippen LogP contribution in [-0.4, -0.2) is 35.7 Å². The van der Waals surface area contributed by atoms with E-state index in [1.54, 1.807) is 12.1 Å². The number of benzene rings is 1. The molecule has 0 aliphatic heterocycles. The molecular weight excluding hydrogens is 228 g/mol. The first kappa shape index (κ1) is 12.8. The minimum absolute atomic E-state index is 0.210. The van der Waals surface area contributed by atoms with Gasteiger partial charge >= 0.3 is 6.09 Å². The van der Waals surface area contributed by atoms with Gasteiger partial charge in [-0.15, -0.1) is 0 Å². The van der Waals surface area contributed by atoms with Crippen LogP contribution in [0.4, 0.5) is 4.79 Å². The van der Waals surface area contributed by atoms with E-state index in [2.05, 4.69) is 0 Å². The highest BCUT2D eigenvalue weighted by atomic mass is 35.5. The zero-order valence-electron chi connectivity index (χ0n) is 9.06. The minimum atomic E-state index is -0.968. The maximum absolute atomic E-state index is 10.8. The predicted molar refractivity (Wildman–Crippen MR) is 63.8 cm³/mol. The number of rotatable bonds is 4. The molecule has 1 atom stereocenters. The highest BCUT2D eigenvalue weighted by Crippen LogP contribution is 2.12. The van der Waals surface area contributed by atoms with Crippen LogP contribution in [0.3, 0.4) is 0 Å². The van der Waals surface area contributed by atoms with Gasteiger partial charge in [0, 0.05) is 18.6 Å². The molecule has 0 aromatic heterocycles. The van der Waals surface area contributed by atoms with Crippen molar-refractivity contribution in [2.24, 2.45) is 5.73 Å². The fourth-order valence-corrected chi connectivity index (χ4v) is 1.55. The van der Waals surface area contributed by atoms with Crippen molar-refractivity contribution >= 4 is 17.7 Å². The van der Waals surface area contributed by atoms with Crippen LogP contribution < -0.4 is 5.73 Å². The van der Waals surface area contributed by atoms with Gasteiger partial charge in [0.2, 0.25) is 0 Å². The summed E-state index contributed by atoms with van der Waals surface area (Å²) < 4.78 is 0. The number of carbonyl (C=O) groups is 1. The highest BCUT2D eigenvalue weighted by molar-refractivity contribution is 6.30. The molecule has 0 spiro atoms. The van der Waals surface area contributed by atoms with Crippen LogP contribution in [0.1, 0.15) is 5.56 Å². The number of hydrogen-bond donors (Lipinski definition) is 2. The lowest BCUT2D eigenvalue weighted by Gasteiger charge is -2.24. The molecular formula is C11H15ClN2O2. The molecule has 1 unspecified atom stereocenters. The standard InChI is InChI=1S/C11H15ClN2O2/c1-14(11(15)16)10(7-13)6-8-2-4-9(12)5-3-8/h2-5,10H,6-7,13H2,1H3,(H,15,16). The maximum atomic E-state index is 10.8. The molecule has 1 aromatic rings. The Hall–Kier alpha value is -1.26. The Morgan fingerprint density at radius 2 is 2.06 bits per heavy atom. The van der Waals surface area contributed by atoms with Crippen LogP contribution in [0, 0.1) is 0 Å². The molecule has 3 N–H and O–H groups in total. The van der Waals surface area contributed by atoms with Crippen molar-refractivity contribution < 1.29 is 9.90 Å². The van der Waals surface area contributed by atoms with Crippen LogP contribution in [0.25, 0.3) is 0 Å². The normalized spacial score (nSPS) is 12.2. The first-order valence-electron chi connectivity index (χ1n) is 4.95. The zero-order valence-corrected chi connectivity index (χ0v) is 9.81. The van der Waals surface area contributed by atoms with E-state index < -0.39 is 6.09 Å². The molecule has 88 valence electrons. The molecule has 5 heteroatoms. The van der Waals surface area contributed by atoms with Crippen LogP contribution in [0.2, 0.25) is 5.02 Å². The minimum Gasteiger partial charge on any atom is -0.465 e. The molecule has 0 bridgehead atoms. The molecule has 1 rings (SSSR count). The van der Waals surface area contributed by atoms with Gasteiger partial charge in [-0.05, 0) is 24.1 Å². The van der Waals surface area contributed by atoms with Gasteiger partial charge in [0.05, 0.1) is 6.04 Å². The Morgan fingerprint density at radius 3 is 2.50 bits per heavy atom. The largest absolute Gasteiger partial charge is 0.465 e. The fourth-order valence-electron chi connectivity index (χ4n) is 1.43. The molecule has 0 radical (unpaired) electrons. The average Bonchev–Trinajstić information content (AvgIpc) is 2.27. The third-order valence-electron chi connectivity index (χ3n) is 2.51. The molecule has 0 aliphatic rings. The maximum Gasteiger partial charge on any atom is 0.407 e. The molecule has 4 nitrogen and oxygen atoms in total. The lowest BCUT2D eigenvalue weighted by atomic mass is 10.1. The molecule has 0 fully saturated rings. The van der Waals surface area contributed by atoms with Crippen molar-refractivity contribution in [3.8, 4) is 0 Å². The van der Waals surface area contributed by atoms with E-state index in [-0.39, 0.29) is 6.04 Å². The number of hydrogen-bond acceptors (Lipinski definition) is 2. The summed E-state index contributed by atoms with van der Waals surface area (Å²) in [6, 6.07) is 7.11. The number of carboxylic acid groups (broad SMARTS) is 1. The Bertz CT molecular complexity index is 354. The Morgan fingerprint density at radius 1 is 1.50 bits per heavy atom. The molecule has 1 amide bonds. The van der Waals surface area contributed by atoms with E-state index in [1.807, 2.05) is 12.1 Å². The van der Waals surface area contributed by atoms with Crippen molar-refractivity contribution in [2.75, 3.05) is 13.6 Å². The van der Waals surface area contributed by atoms with E-state index in [0.29, 0.717) is 18.0 Å². The fraction of sp³-hybridized carbons (Fsp3) is 0.364. The summed E-state index contributed by atoms with van der Waals surface area (Å²) in [5, 5.41) is 9.52. The van der Waals surface area contributed by atoms with Crippen LogP contribution in [0.15, 0.2) is 24.3 Å². The van der Waals surface area contributed by atoms with Crippen molar-refractivity contribution in [3.63, 3.8) is 0 Å². The second-order valence-corrected chi connectivity index (χ2v) is 4.05. The van der Waals surface area contributed by atoms with Gasteiger partial charge in [-0.3, -0.25) is 0 Å². The second kappa shape index (κ2) is 5.72. The summed E-state index contributed by atoms with van der Waals surface area (Å²) in [5.41, 5.74) is 6.58. The van der Waals surface area contributed by atoms with E-state index in [9.17, 15) is 4.79 Å². The van der Waals surface area contributed by atoms with Gasteiger partial charge in [0.15, 0.2) is 0 Å². The second-order valence-electron chi connectivity index (χ2n) is 3.61. The quantitative estimate of drug-likeness (QED) is 0.846. The van der Waals surface area contributed by atoms with E-state index >= 15 is 0 Å². The van der Waals surface area contributed by atoms with Crippen LogP contribution in [-0.2, 0) is 6.42 Å². The van der Waals surface area contributed by atoms with Gasteiger partial charge in [-0.25, -0.2) is 4.79 Å². The first-order valence-corrected chi connectivity index (χ1v) is 5.32. The molecule has 0 saturated heterocycles. The van der Waals surface area contributed by atoms with Crippen molar-refractivity contribution in [1.29, 1.82) is 0 Å². The number of amides is 1. The molecule has 0 heterocycles. The first-order chi connectivity index (χ1) is 7.54. The van der Waals surface area contributed by atoms with Crippen molar-refractivity contribution in [3.05, 3.63) is 34.9 Å². The molecule has 16 heavy (non-hydrogen) atoms. The van der Waals surface area contributed by atoms with E-state index in [4.69, 9.17) is 22.4 Å². The third kappa shape index (κ3) is 3.40. The summed E-state index contributed by atoms with van der Waals surface area (Å²) in [6.07, 6.45) is -0.374. The van der Waals surface area contributed by atoms with Crippen LogP contribution in [0.5, 0.6) is 0 Å². The monoisotopic (exact) mass is 242 g/mol. The van der Waals surface area contributed by atoms with E-state index in [0.717, 1.165) is 5.56 Å². The lowest BCUT2D eigenvalue weighted by molar-refractivity contribution is 0.139. The zero-order chi connectivity index (χ0) is 12.1. The number of halogens is 1. The van der Waals surface area contributed by atoms with Crippen LogP contribution >= 0.6 is 11.6 Å². The molecule has 0 aliphatic carbocycles. The Balaban J connectivity index is 2.70. The van der Waals surface area contributed by atoms with Gasteiger partial charge in [-0.2, -0.15) is 0 Å². The summed E-state index contributed by atoms with van der Waals surface area (Å²) in [6.45, 7) is 0.297. The van der Waals surface area contributed by atoms with Crippen molar-refractivity contribution in [1.82, 2.24) is 4.90 Å². The topological polar surface area (TPSA) is 66.6 Å². The third-order valence-corrected chi connectivity index (χ3v) is 2.76. The van der Waals surface area contributed by atoms with Gasteiger partial charge < -0.3 is 15.7 Å². The van der Waals surface area contributed by atoms with Crippen molar-refractivity contribution in [2.45, 2.75) is 12.5 Å². The smallest absolute Gasteiger partial charge is 0.407 e. The molecule has 1 aromatic carbocycles. The van der Waals surface area contributed by atoms with Gasteiger partial charge in [-0.1, -0.05) is 23.7 Å². The van der Waals surface area contributed by atoms with Gasteiger partial charge in [0.1, 0.15) is 0 Å². The Labute approximate surface area is 99.6 Å². The summed E-state index contributed by atoms with van der Waals surface area (Å²) in [4.78, 5) is 12.0. The average molecular weight is 243 g/mol. The lowest BCUT2D eigenvalue weighted by Crippen LogP contribution is -2.42. The highest BCUT2D eigenvalue weighted by Gasteiger charge is 2.17. The summed E-state index contributed by atoms with van der Waals surface area (Å²) >= 11 is 5.77. The molecule has 0 saturated carbocycles. The Kier molecular flexibility index (Phi) is 4.58. The summed E-state index contributed by atoms with van der Waals surface area (Å²) in [7, 11) is 1.52. The predicted octanol–water partition coefficient (Wildman–Crippen LogP) is 1.82. The van der Waals surface area contributed by atoms with Gasteiger partial charge in [0.25, 0.3) is 0 Å². The summed E-state index contributed by atoms with van der Waals surface area (Å²) in [5.74, 6) is 0.